The molecule has 2 aromatic carbocycles. The number of ether oxygens (including phenoxy) is 3. The number of hydrogen-bond donors (Lipinski definition) is 3. The molecule has 34 heavy (non-hydrogen) atoms. The fraction of sp³-hybridized carbons (Fsp3) is 0.360. The molecular formula is C25H32N5O4+. The summed E-state index contributed by atoms with van der Waals surface area (Å²) in [6, 6.07) is 15.3. The van der Waals surface area contributed by atoms with Crippen molar-refractivity contribution in [2.45, 2.75) is 19.6 Å². The smallest absolute Gasteiger partial charge is 0.262 e. The Balaban J connectivity index is 1.45. The number of amides is 1. The number of likely N-dealkylation sites (N-methyl/N-ethyl adjacent to an activating group) is 1. The van der Waals surface area contributed by atoms with E-state index in [1.165, 1.54) is 0 Å². The minimum Gasteiger partial charge on any atom is -0.497 e. The van der Waals surface area contributed by atoms with E-state index >= 15 is 0 Å². The van der Waals surface area contributed by atoms with Crippen LogP contribution in [0, 0.1) is 0 Å². The van der Waals surface area contributed by atoms with Crippen LogP contribution < -0.4 is 29.3 Å². The Bertz CT molecular complexity index is 1130. The van der Waals surface area contributed by atoms with Crippen LogP contribution in [0.1, 0.15) is 22.8 Å². The highest BCUT2D eigenvalue weighted by molar-refractivity contribution is 6.07. The Hall–Kier alpha value is -3.56. The molecule has 1 aliphatic heterocycles. The van der Waals surface area contributed by atoms with E-state index < -0.39 is 0 Å². The molecule has 9 heteroatoms. The first-order valence-corrected chi connectivity index (χ1v) is 11.3. The molecule has 0 saturated carbocycles. The number of benzene rings is 2. The molecule has 3 N–H and O–H groups in total. The molecule has 1 fully saturated rings. The summed E-state index contributed by atoms with van der Waals surface area (Å²) in [5.74, 6) is 2.02. The Labute approximate surface area is 199 Å². The Morgan fingerprint density at radius 2 is 1.88 bits per heavy atom. The van der Waals surface area contributed by atoms with Crippen molar-refractivity contribution in [3.63, 3.8) is 0 Å². The molecule has 0 bridgehead atoms. The largest absolute Gasteiger partial charge is 0.497 e. The number of H-pyrrole nitrogens is 1. The van der Waals surface area contributed by atoms with E-state index in [0.717, 1.165) is 30.9 Å². The van der Waals surface area contributed by atoms with Crippen molar-refractivity contribution in [3.8, 4) is 17.4 Å². The molecule has 0 spiro atoms. The average Bonchev–Trinajstić information content (AvgIpc) is 3.31. The van der Waals surface area contributed by atoms with Crippen LogP contribution in [0.15, 0.2) is 48.5 Å². The van der Waals surface area contributed by atoms with E-state index in [1.807, 2.05) is 36.4 Å². The maximum Gasteiger partial charge on any atom is 0.262 e. The maximum atomic E-state index is 13.2. The van der Waals surface area contributed by atoms with Gasteiger partial charge in [0.25, 0.3) is 5.91 Å². The fourth-order valence-electron chi connectivity index (χ4n) is 4.25. The number of rotatable bonds is 8. The van der Waals surface area contributed by atoms with E-state index in [2.05, 4.69) is 34.8 Å². The van der Waals surface area contributed by atoms with Crippen molar-refractivity contribution >= 4 is 17.4 Å². The number of carbonyl (C=O) groups is 1. The standard InChI is InChI=1S/C25H31N5O4/c1-17-15-26-9-10-30(17,2)22-8-6-5-7-21(22)25(31)27-23-14-24(29-28-23)34-16-18-11-19(32-3)13-20(12-18)33-4/h5-8,11-14,17,26H,9-10,15-16H2,1-4H3,(H-,27,28,29,31)/p+1. The number of carbonyl (C=O) groups excluding carboxylic acids is 1. The van der Waals surface area contributed by atoms with Gasteiger partial charge in [-0.3, -0.25) is 14.4 Å². The minimum absolute atomic E-state index is 0.187. The van der Waals surface area contributed by atoms with Gasteiger partial charge >= 0.3 is 0 Å². The summed E-state index contributed by atoms with van der Waals surface area (Å²) < 4.78 is 17.1. The van der Waals surface area contributed by atoms with Gasteiger partial charge in [-0.25, -0.2) is 0 Å². The lowest BCUT2D eigenvalue weighted by molar-refractivity contribution is 0.102. The normalized spacial score (nSPS) is 19.9. The predicted molar refractivity (Wildman–Crippen MR) is 132 cm³/mol. The van der Waals surface area contributed by atoms with Crippen molar-refractivity contribution in [1.82, 2.24) is 20.0 Å². The maximum absolute atomic E-state index is 13.2. The molecule has 1 saturated heterocycles. The van der Waals surface area contributed by atoms with Gasteiger partial charge in [0.1, 0.15) is 41.2 Å². The molecule has 2 atom stereocenters. The molecule has 180 valence electrons. The van der Waals surface area contributed by atoms with E-state index in [0.29, 0.717) is 39.3 Å². The number of nitrogens with one attached hydrogen (secondary N) is 3. The van der Waals surface area contributed by atoms with Gasteiger partial charge in [0.15, 0.2) is 0 Å². The summed E-state index contributed by atoms with van der Waals surface area (Å²) in [5, 5.41) is 13.4. The lowest BCUT2D eigenvalue weighted by Crippen LogP contribution is -2.63. The van der Waals surface area contributed by atoms with Crippen LogP contribution in [0.25, 0.3) is 0 Å². The third-order valence-electron chi connectivity index (χ3n) is 6.47. The third kappa shape index (κ3) is 5.00. The molecule has 1 aliphatic rings. The summed E-state index contributed by atoms with van der Waals surface area (Å²) in [6.45, 7) is 5.22. The number of quaternary nitrogens is 1. The molecule has 0 radical (unpaired) electrons. The highest BCUT2D eigenvalue weighted by Crippen LogP contribution is 2.30. The molecule has 3 aromatic rings. The molecule has 4 rings (SSSR count). The first-order chi connectivity index (χ1) is 16.4. The molecule has 2 heterocycles. The van der Waals surface area contributed by atoms with Gasteiger partial charge in [-0.15, -0.1) is 5.10 Å². The second-order valence-electron chi connectivity index (χ2n) is 8.65. The van der Waals surface area contributed by atoms with Crippen molar-refractivity contribution < 1.29 is 19.0 Å². The molecule has 9 nitrogen and oxygen atoms in total. The molecule has 1 aromatic heterocycles. The van der Waals surface area contributed by atoms with Crippen LogP contribution in [-0.4, -0.2) is 63.0 Å². The van der Waals surface area contributed by atoms with Crippen molar-refractivity contribution in [2.24, 2.45) is 0 Å². The monoisotopic (exact) mass is 466 g/mol. The second-order valence-corrected chi connectivity index (χ2v) is 8.65. The van der Waals surface area contributed by atoms with Crippen molar-refractivity contribution in [2.75, 3.05) is 46.2 Å². The predicted octanol–water partition coefficient (Wildman–Crippen LogP) is 3.19. The van der Waals surface area contributed by atoms with Crippen LogP contribution in [0.4, 0.5) is 11.5 Å². The van der Waals surface area contributed by atoms with Gasteiger partial charge in [-0.05, 0) is 36.8 Å². The summed E-state index contributed by atoms with van der Waals surface area (Å²) >= 11 is 0. The zero-order valence-electron chi connectivity index (χ0n) is 20.1. The highest BCUT2D eigenvalue weighted by Gasteiger charge is 2.37. The molecule has 0 aliphatic carbocycles. The van der Waals surface area contributed by atoms with E-state index in [1.54, 1.807) is 26.4 Å². The fourth-order valence-corrected chi connectivity index (χ4v) is 4.25. The topological polar surface area (TPSA) is 97.5 Å². The van der Waals surface area contributed by atoms with Crippen LogP contribution >= 0.6 is 0 Å². The first-order valence-electron chi connectivity index (χ1n) is 11.3. The van der Waals surface area contributed by atoms with Crippen molar-refractivity contribution in [1.29, 1.82) is 0 Å². The number of piperazine rings is 1. The van der Waals surface area contributed by atoms with Crippen molar-refractivity contribution in [3.05, 3.63) is 59.7 Å². The molecule has 1 amide bonds. The van der Waals surface area contributed by atoms with Gasteiger partial charge in [-0.1, -0.05) is 12.1 Å². The second kappa shape index (κ2) is 10.1. The zero-order valence-corrected chi connectivity index (χ0v) is 20.1. The van der Waals surface area contributed by atoms with Gasteiger partial charge in [0.05, 0.1) is 27.8 Å². The number of nitrogens with zero attached hydrogens (tertiary/aromatic N) is 2. The number of methoxy groups -OCH3 is 2. The van der Waals surface area contributed by atoms with Gasteiger partial charge in [0, 0.05) is 25.2 Å². The van der Waals surface area contributed by atoms with Gasteiger partial charge < -0.3 is 24.8 Å². The average molecular weight is 467 g/mol. The van der Waals surface area contributed by atoms with E-state index in [9.17, 15) is 4.79 Å². The molecule has 2 unspecified atom stereocenters. The summed E-state index contributed by atoms with van der Waals surface area (Å²) in [4.78, 5) is 13.2. The number of anilines is 1. The summed E-state index contributed by atoms with van der Waals surface area (Å²) in [6.07, 6.45) is 0. The third-order valence-corrected chi connectivity index (χ3v) is 6.47. The van der Waals surface area contributed by atoms with Gasteiger partial charge in [0.2, 0.25) is 5.88 Å². The Morgan fingerprint density at radius 3 is 2.59 bits per heavy atom. The quantitative estimate of drug-likeness (QED) is 0.441. The Morgan fingerprint density at radius 1 is 1.15 bits per heavy atom. The van der Waals surface area contributed by atoms with Crippen LogP contribution in [0.3, 0.4) is 0 Å². The zero-order chi connectivity index (χ0) is 24.1. The summed E-state index contributed by atoms with van der Waals surface area (Å²) in [7, 11) is 5.39. The number of para-hydroxylation sites is 1. The summed E-state index contributed by atoms with van der Waals surface area (Å²) in [5.41, 5.74) is 2.54. The van der Waals surface area contributed by atoms with Crippen LogP contribution in [0.5, 0.6) is 17.4 Å². The highest BCUT2D eigenvalue weighted by atomic mass is 16.5. The SMILES string of the molecule is COc1cc(COc2cc(NC(=O)c3ccccc3[N+]3(C)CCNCC3C)[nH]n2)cc(OC)c1. The number of aromatic amines is 1. The lowest BCUT2D eigenvalue weighted by atomic mass is 10.0. The van der Waals surface area contributed by atoms with E-state index in [4.69, 9.17) is 14.2 Å². The minimum atomic E-state index is -0.187. The number of hydrogen-bond acceptors (Lipinski definition) is 6. The van der Waals surface area contributed by atoms with Crippen LogP contribution in [0.2, 0.25) is 0 Å². The van der Waals surface area contributed by atoms with E-state index in [-0.39, 0.29) is 12.5 Å². The number of aromatic nitrogens is 2. The van der Waals surface area contributed by atoms with Crippen LogP contribution in [-0.2, 0) is 6.61 Å². The molecular weight excluding hydrogens is 434 g/mol. The lowest BCUT2D eigenvalue weighted by Gasteiger charge is -2.43. The first kappa shape index (κ1) is 23.6. The van der Waals surface area contributed by atoms with Gasteiger partial charge in [-0.2, -0.15) is 0 Å². The Kier molecular flexibility index (Phi) is 7.04.